The molecule has 0 aliphatic heterocycles. The third-order valence-corrected chi connectivity index (χ3v) is 1.99. The quantitative estimate of drug-likeness (QED) is 0.572. The summed E-state index contributed by atoms with van der Waals surface area (Å²) in [4.78, 5) is 22.5. The van der Waals surface area contributed by atoms with E-state index in [1.807, 2.05) is 0 Å². The summed E-state index contributed by atoms with van der Waals surface area (Å²) in [6.45, 7) is 0. The fourth-order valence-corrected chi connectivity index (χ4v) is 1.17. The van der Waals surface area contributed by atoms with Gasteiger partial charge in [-0.25, -0.2) is 4.79 Å². The lowest BCUT2D eigenvalue weighted by molar-refractivity contribution is 0.681. The van der Waals surface area contributed by atoms with Crippen LogP contribution < -0.4 is 17.0 Å². The monoisotopic (exact) mass is 199 g/mol. The average molecular weight is 199 g/mol. The molecule has 6 heteroatoms. The highest BCUT2D eigenvalue weighted by Crippen LogP contribution is 1.88. The summed E-state index contributed by atoms with van der Waals surface area (Å²) in [6.07, 6.45) is 0. The average Bonchev–Trinajstić information content (AvgIpc) is 2.07. The topological polar surface area (TPSA) is 70.0 Å². The van der Waals surface area contributed by atoms with Crippen LogP contribution >= 0.6 is 12.2 Å². The number of hydrogen-bond donors (Lipinski definition) is 1. The van der Waals surface area contributed by atoms with E-state index in [-0.39, 0.29) is 10.7 Å². The van der Waals surface area contributed by atoms with E-state index in [0.717, 1.165) is 4.57 Å². The third-order valence-electron chi connectivity index (χ3n) is 1.78. The standard InChI is InChI=1S/C7H9N3O2S/c1-9-4(6(8)13)3-5(11)10(2)7(9)12/h3H,1-2H3,(H2,8,13). The Labute approximate surface area is 79.4 Å². The van der Waals surface area contributed by atoms with E-state index in [0.29, 0.717) is 0 Å². The molecule has 1 heterocycles. The third kappa shape index (κ3) is 1.52. The van der Waals surface area contributed by atoms with Crippen LogP contribution in [0.5, 0.6) is 0 Å². The van der Waals surface area contributed by atoms with Crippen LogP contribution in [0.3, 0.4) is 0 Å². The second-order valence-electron chi connectivity index (χ2n) is 2.63. The number of nitrogens with zero attached hydrogens (tertiary/aromatic N) is 2. The molecule has 0 aromatic carbocycles. The minimum absolute atomic E-state index is 0.0392. The molecule has 0 radical (unpaired) electrons. The van der Waals surface area contributed by atoms with E-state index >= 15 is 0 Å². The Morgan fingerprint density at radius 2 is 1.92 bits per heavy atom. The first-order valence-electron chi connectivity index (χ1n) is 3.52. The van der Waals surface area contributed by atoms with Gasteiger partial charge in [-0.05, 0) is 0 Å². The van der Waals surface area contributed by atoms with Crippen molar-refractivity contribution in [2.75, 3.05) is 0 Å². The molecule has 0 unspecified atom stereocenters. The minimum atomic E-state index is -0.435. The first kappa shape index (κ1) is 9.66. The largest absolute Gasteiger partial charge is 0.388 e. The van der Waals surface area contributed by atoms with Crippen LogP contribution in [-0.2, 0) is 14.1 Å². The normalized spacial score (nSPS) is 10.0. The second kappa shape index (κ2) is 3.14. The summed E-state index contributed by atoms with van der Waals surface area (Å²) < 4.78 is 2.23. The van der Waals surface area contributed by atoms with Crippen molar-refractivity contribution in [1.82, 2.24) is 9.13 Å². The van der Waals surface area contributed by atoms with Gasteiger partial charge >= 0.3 is 5.69 Å². The van der Waals surface area contributed by atoms with Crippen molar-refractivity contribution in [3.63, 3.8) is 0 Å². The van der Waals surface area contributed by atoms with Crippen LogP contribution in [0.25, 0.3) is 0 Å². The fraction of sp³-hybridized carbons (Fsp3) is 0.286. The van der Waals surface area contributed by atoms with Crippen LogP contribution in [0.2, 0.25) is 0 Å². The Morgan fingerprint density at radius 1 is 1.38 bits per heavy atom. The molecule has 5 nitrogen and oxygen atoms in total. The first-order valence-corrected chi connectivity index (χ1v) is 3.93. The van der Waals surface area contributed by atoms with Crippen LogP contribution in [0.4, 0.5) is 0 Å². The van der Waals surface area contributed by atoms with Gasteiger partial charge in [0.1, 0.15) is 4.99 Å². The fourth-order valence-electron chi connectivity index (χ4n) is 0.969. The Balaban J connectivity index is 3.70. The molecule has 0 fully saturated rings. The maximum absolute atomic E-state index is 11.3. The molecular formula is C7H9N3O2S. The van der Waals surface area contributed by atoms with E-state index in [9.17, 15) is 9.59 Å². The van der Waals surface area contributed by atoms with Crippen molar-refractivity contribution in [2.45, 2.75) is 0 Å². The summed E-state index contributed by atoms with van der Waals surface area (Å²) in [5.41, 5.74) is 4.76. The lowest BCUT2D eigenvalue weighted by atomic mass is 10.4. The molecule has 2 N–H and O–H groups in total. The zero-order valence-electron chi connectivity index (χ0n) is 7.27. The Morgan fingerprint density at radius 3 is 2.38 bits per heavy atom. The molecule has 1 aromatic rings. The molecule has 0 saturated carbocycles. The zero-order chi connectivity index (χ0) is 10.2. The molecule has 70 valence electrons. The molecule has 0 amide bonds. The molecule has 0 atom stereocenters. The van der Waals surface area contributed by atoms with Gasteiger partial charge in [-0.1, -0.05) is 12.2 Å². The second-order valence-corrected chi connectivity index (χ2v) is 3.07. The lowest BCUT2D eigenvalue weighted by Crippen LogP contribution is -2.39. The Hall–Kier alpha value is -1.43. The maximum Gasteiger partial charge on any atom is 0.330 e. The van der Waals surface area contributed by atoms with Crippen molar-refractivity contribution < 1.29 is 0 Å². The molecule has 0 saturated heterocycles. The summed E-state index contributed by atoms with van der Waals surface area (Å²) in [6, 6.07) is 1.24. The van der Waals surface area contributed by atoms with Gasteiger partial charge in [0.15, 0.2) is 0 Å². The van der Waals surface area contributed by atoms with Crippen LogP contribution in [-0.4, -0.2) is 14.1 Å². The molecule has 0 aliphatic carbocycles. The first-order chi connectivity index (χ1) is 5.95. The summed E-state index contributed by atoms with van der Waals surface area (Å²) in [5.74, 6) is 0. The van der Waals surface area contributed by atoms with Gasteiger partial charge < -0.3 is 5.73 Å². The van der Waals surface area contributed by atoms with Crippen molar-refractivity contribution in [3.05, 3.63) is 32.6 Å². The van der Waals surface area contributed by atoms with Crippen molar-refractivity contribution in [2.24, 2.45) is 19.8 Å². The number of nitrogens with two attached hydrogens (primary N) is 1. The van der Waals surface area contributed by atoms with E-state index in [1.165, 1.54) is 24.7 Å². The highest BCUT2D eigenvalue weighted by molar-refractivity contribution is 7.80. The summed E-state index contributed by atoms with van der Waals surface area (Å²) >= 11 is 4.68. The van der Waals surface area contributed by atoms with Crippen molar-refractivity contribution in [3.8, 4) is 0 Å². The van der Waals surface area contributed by atoms with Crippen LogP contribution in [0, 0.1) is 0 Å². The van der Waals surface area contributed by atoms with Gasteiger partial charge in [-0.3, -0.25) is 13.9 Å². The highest BCUT2D eigenvalue weighted by Gasteiger charge is 2.06. The van der Waals surface area contributed by atoms with Crippen molar-refractivity contribution >= 4 is 17.2 Å². The number of rotatable bonds is 1. The van der Waals surface area contributed by atoms with E-state index < -0.39 is 11.2 Å². The summed E-state index contributed by atoms with van der Waals surface area (Å²) in [5, 5.41) is 0. The Bertz CT molecular complexity index is 472. The Kier molecular flexibility index (Phi) is 2.33. The molecule has 0 aliphatic rings. The zero-order valence-corrected chi connectivity index (χ0v) is 8.09. The van der Waals surface area contributed by atoms with E-state index in [2.05, 4.69) is 12.2 Å². The van der Waals surface area contributed by atoms with Crippen LogP contribution in [0.15, 0.2) is 15.7 Å². The summed E-state index contributed by atoms with van der Waals surface area (Å²) in [7, 11) is 2.91. The predicted molar refractivity (Wildman–Crippen MR) is 52.8 cm³/mol. The number of hydrogen-bond acceptors (Lipinski definition) is 3. The molecular weight excluding hydrogens is 190 g/mol. The maximum atomic E-state index is 11.3. The van der Waals surface area contributed by atoms with Gasteiger partial charge in [0, 0.05) is 20.2 Å². The van der Waals surface area contributed by atoms with Gasteiger partial charge in [0.2, 0.25) is 0 Å². The molecule has 13 heavy (non-hydrogen) atoms. The van der Waals surface area contributed by atoms with E-state index in [4.69, 9.17) is 5.73 Å². The molecule has 1 aromatic heterocycles. The number of thiocarbonyl (C=S) groups is 1. The van der Waals surface area contributed by atoms with Gasteiger partial charge in [0.25, 0.3) is 5.56 Å². The highest BCUT2D eigenvalue weighted by atomic mass is 32.1. The van der Waals surface area contributed by atoms with Crippen LogP contribution in [0.1, 0.15) is 5.69 Å². The van der Waals surface area contributed by atoms with Gasteiger partial charge in [-0.15, -0.1) is 0 Å². The molecule has 1 rings (SSSR count). The van der Waals surface area contributed by atoms with Gasteiger partial charge in [-0.2, -0.15) is 0 Å². The molecule has 0 bridgehead atoms. The minimum Gasteiger partial charge on any atom is -0.388 e. The predicted octanol–water partition coefficient (Wildman–Crippen LogP) is -1.28. The van der Waals surface area contributed by atoms with Gasteiger partial charge in [0.05, 0.1) is 5.69 Å². The smallest absolute Gasteiger partial charge is 0.330 e. The lowest BCUT2D eigenvalue weighted by Gasteiger charge is -2.06. The SMILES string of the molecule is Cn1c(C(N)=S)cc(=O)n(C)c1=O. The molecule has 0 spiro atoms. The number of aromatic nitrogens is 2. The van der Waals surface area contributed by atoms with Crippen molar-refractivity contribution in [1.29, 1.82) is 0 Å². The van der Waals surface area contributed by atoms with E-state index in [1.54, 1.807) is 0 Å².